The maximum atomic E-state index is 12.3. The van der Waals surface area contributed by atoms with Gasteiger partial charge in [-0.2, -0.15) is 5.10 Å². The lowest BCUT2D eigenvalue weighted by Crippen LogP contribution is -2.41. The van der Waals surface area contributed by atoms with E-state index in [1.807, 2.05) is 44.2 Å². The van der Waals surface area contributed by atoms with E-state index in [2.05, 4.69) is 15.5 Å². The smallest absolute Gasteiger partial charge is 0.255 e. The number of benzene rings is 1. The molecule has 5 nitrogen and oxygen atoms in total. The summed E-state index contributed by atoms with van der Waals surface area (Å²) in [5, 5.41) is 18.9. The van der Waals surface area contributed by atoms with Gasteiger partial charge in [0.05, 0.1) is 30.1 Å². The molecule has 20 heavy (non-hydrogen) atoms. The van der Waals surface area contributed by atoms with Crippen LogP contribution in [0.3, 0.4) is 0 Å². The van der Waals surface area contributed by atoms with Crippen molar-refractivity contribution in [1.29, 1.82) is 0 Å². The number of hydrogen-bond donors (Lipinski definition) is 3. The fourth-order valence-electron chi connectivity index (χ4n) is 1.95. The molecule has 1 unspecified atom stereocenters. The fourth-order valence-corrected chi connectivity index (χ4v) is 1.95. The SMILES string of the molecule is CC(C)C(CO)NC(=O)c1cn[nH]c1-c1ccccc1. The predicted octanol–water partition coefficient (Wildman–Crippen LogP) is 1.82. The van der Waals surface area contributed by atoms with Crippen LogP contribution in [0.15, 0.2) is 36.5 Å². The Kier molecular flexibility index (Phi) is 4.53. The van der Waals surface area contributed by atoms with E-state index < -0.39 is 0 Å². The third-order valence-electron chi connectivity index (χ3n) is 3.26. The zero-order valence-corrected chi connectivity index (χ0v) is 11.6. The van der Waals surface area contributed by atoms with Crippen LogP contribution in [0.1, 0.15) is 24.2 Å². The summed E-state index contributed by atoms with van der Waals surface area (Å²) in [5.41, 5.74) is 2.07. The summed E-state index contributed by atoms with van der Waals surface area (Å²) in [7, 11) is 0. The van der Waals surface area contributed by atoms with Gasteiger partial charge >= 0.3 is 0 Å². The quantitative estimate of drug-likeness (QED) is 0.777. The monoisotopic (exact) mass is 273 g/mol. The van der Waals surface area contributed by atoms with Crippen molar-refractivity contribution in [3.63, 3.8) is 0 Å². The Bertz CT molecular complexity index is 564. The number of aromatic amines is 1. The molecule has 5 heteroatoms. The fraction of sp³-hybridized carbons (Fsp3) is 0.333. The van der Waals surface area contributed by atoms with Gasteiger partial charge in [-0.05, 0) is 5.92 Å². The molecular formula is C15H19N3O2. The Morgan fingerprint density at radius 2 is 2.05 bits per heavy atom. The second kappa shape index (κ2) is 6.34. The van der Waals surface area contributed by atoms with Crippen LogP contribution in [0.25, 0.3) is 11.3 Å². The van der Waals surface area contributed by atoms with Crippen LogP contribution >= 0.6 is 0 Å². The maximum absolute atomic E-state index is 12.3. The zero-order chi connectivity index (χ0) is 14.5. The van der Waals surface area contributed by atoms with Crippen molar-refractivity contribution in [2.45, 2.75) is 19.9 Å². The third-order valence-corrected chi connectivity index (χ3v) is 3.26. The Balaban J connectivity index is 2.22. The van der Waals surface area contributed by atoms with Crippen LogP contribution in [-0.2, 0) is 0 Å². The molecule has 0 spiro atoms. The van der Waals surface area contributed by atoms with Gasteiger partial charge in [0, 0.05) is 5.56 Å². The van der Waals surface area contributed by atoms with Crippen molar-refractivity contribution < 1.29 is 9.90 Å². The lowest BCUT2D eigenvalue weighted by atomic mass is 10.0. The number of aliphatic hydroxyl groups excluding tert-OH is 1. The molecule has 0 fully saturated rings. The summed E-state index contributed by atoms with van der Waals surface area (Å²) in [5.74, 6) is -0.0682. The van der Waals surface area contributed by atoms with Gasteiger partial charge in [0.25, 0.3) is 5.91 Å². The number of carbonyl (C=O) groups excluding carboxylic acids is 1. The lowest BCUT2D eigenvalue weighted by molar-refractivity contribution is 0.0897. The highest BCUT2D eigenvalue weighted by Gasteiger charge is 2.20. The normalized spacial score (nSPS) is 12.4. The zero-order valence-electron chi connectivity index (χ0n) is 11.6. The van der Waals surface area contributed by atoms with Gasteiger partial charge in [0.2, 0.25) is 0 Å². The van der Waals surface area contributed by atoms with Crippen molar-refractivity contribution >= 4 is 5.91 Å². The Morgan fingerprint density at radius 3 is 2.65 bits per heavy atom. The molecule has 0 saturated heterocycles. The molecule has 1 aromatic carbocycles. The second-order valence-corrected chi connectivity index (χ2v) is 5.03. The van der Waals surface area contributed by atoms with E-state index in [1.54, 1.807) is 0 Å². The number of hydrogen-bond acceptors (Lipinski definition) is 3. The first-order chi connectivity index (χ1) is 9.63. The number of nitrogens with zero attached hydrogens (tertiary/aromatic N) is 1. The first-order valence-electron chi connectivity index (χ1n) is 6.64. The molecule has 0 aliphatic heterocycles. The Hall–Kier alpha value is -2.14. The van der Waals surface area contributed by atoms with Gasteiger partial charge in [-0.25, -0.2) is 0 Å². The van der Waals surface area contributed by atoms with Crippen LogP contribution in [0.5, 0.6) is 0 Å². The molecule has 0 aliphatic carbocycles. The number of aromatic nitrogens is 2. The van der Waals surface area contributed by atoms with E-state index in [0.717, 1.165) is 5.56 Å². The summed E-state index contributed by atoms with van der Waals surface area (Å²) in [6.07, 6.45) is 1.51. The van der Waals surface area contributed by atoms with Gasteiger partial charge in [0.1, 0.15) is 0 Å². The largest absolute Gasteiger partial charge is 0.394 e. The van der Waals surface area contributed by atoms with Crippen LogP contribution in [0.2, 0.25) is 0 Å². The highest BCUT2D eigenvalue weighted by molar-refractivity contribution is 5.99. The topological polar surface area (TPSA) is 78.0 Å². The molecule has 0 radical (unpaired) electrons. The Labute approximate surface area is 118 Å². The average molecular weight is 273 g/mol. The van der Waals surface area contributed by atoms with E-state index in [0.29, 0.717) is 11.3 Å². The molecule has 0 aliphatic rings. The predicted molar refractivity (Wildman–Crippen MR) is 77.2 cm³/mol. The number of aliphatic hydroxyl groups is 1. The molecule has 1 atom stereocenters. The molecule has 1 aromatic heterocycles. The van der Waals surface area contributed by atoms with E-state index in [1.165, 1.54) is 6.20 Å². The molecule has 0 saturated carbocycles. The number of carbonyl (C=O) groups is 1. The van der Waals surface area contributed by atoms with E-state index >= 15 is 0 Å². The minimum absolute atomic E-state index is 0.0814. The molecule has 1 heterocycles. The van der Waals surface area contributed by atoms with Crippen LogP contribution in [0, 0.1) is 5.92 Å². The van der Waals surface area contributed by atoms with Crippen LogP contribution < -0.4 is 5.32 Å². The Morgan fingerprint density at radius 1 is 1.35 bits per heavy atom. The minimum Gasteiger partial charge on any atom is -0.394 e. The van der Waals surface area contributed by atoms with Crippen LogP contribution in [-0.4, -0.2) is 33.9 Å². The lowest BCUT2D eigenvalue weighted by Gasteiger charge is -2.19. The van der Waals surface area contributed by atoms with E-state index in [9.17, 15) is 9.90 Å². The van der Waals surface area contributed by atoms with Gasteiger partial charge in [-0.15, -0.1) is 0 Å². The van der Waals surface area contributed by atoms with Gasteiger partial charge < -0.3 is 10.4 Å². The second-order valence-electron chi connectivity index (χ2n) is 5.03. The van der Waals surface area contributed by atoms with E-state index in [4.69, 9.17) is 0 Å². The minimum atomic E-state index is -0.263. The summed E-state index contributed by atoms with van der Waals surface area (Å²) in [6, 6.07) is 9.29. The van der Waals surface area contributed by atoms with Crippen molar-refractivity contribution in [2.24, 2.45) is 5.92 Å². The van der Waals surface area contributed by atoms with Gasteiger partial charge in [-0.1, -0.05) is 44.2 Å². The summed E-state index contributed by atoms with van der Waals surface area (Å²) in [6.45, 7) is 3.82. The first-order valence-corrected chi connectivity index (χ1v) is 6.64. The molecule has 1 amide bonds. The summed E-state index contributed by atoms with van der Waals surface area (Å²) < 4.78 is 0. The number of amides is 1. The molecule has 106 valence electrons. The van der Waals surface area contributed by atoms with Crippen LogP contribution in [0.4, 0.5) is 0 Å². The molecule has 3 N–H and O–H groups in total. The average Bonchev–Trinajstić information content (AvgIpc) is 2.94. The molecular weight excluding hydrogens is 254 g/mol. The summed E-state index contributed by atoms with van der Waals surface area (Å²) >= 11 is 0. The molecule has 2 rings (SSSR count). The molecule has 2 aromatic rings. The van der Waals surface area contributed by atoms with Crippen molar-refractivity contribution in [3.05, 3.63) is 42.1 Å². The standard InChI is InChI=1S/C15H19N3O2/c1-10(2)13(9-19)17-15(20)12-8-16-18-14(12)11-6-4-3-5-7-11/h3-8,10,13,19H,9H2,1-2H3,(H,16,18)(H,17,20). The third kappa shape index (κ3) is 3.05. The van der Waals surface area contributed by atoms with Crippen molar-refractivity contribution in [3.8, 4) is 11.3 Å². The maximum Gasteiger partial charge on any atom is 0.255 e. The first kappa shape index (κ1) is 14.3. The number of rotatable bonds is 5. The van der Waals surface area contributed by atoms with E-state index in [-0.39, 0.29) is 24.5 Å². The number of nitrogens with one attached hydrogen (secondary N) is 2. The highest BCUT2D eigenvalue weighted by Crippen LogP contribution is 2.20. The molecule has 0 bridgehead atoms. The summed E-state index contributed by atoms with van der Waals surface area (Å²) in [4.78, 5) is 12.3. The van der Waals surface area contributed by atoms with Gasteiger partial charge in [0.15, 0.2) is 0 Å². The van der Waals surface area contributed by atoms with Gasteiger partial charge in [-0.3, -0.25) is 9.89 Å². The number of H-pyrrole nitrogens is 1. The van der Waals surface area contributed by atoms with Crippen molar-refractivity contribution in [2.75, 3.05) is 6.61 Å². The van der Waals surface area contributed by atoms with Crippen molar-refractivity contribution in [1.82, 2.24) is 15.5 Å². The highest BCUT2D eigenvalue weighted by atomic mass is 16.3.